The van der Waals surface area contributed by atoms with Gasteiger partial charge < -0.3 is 14.7 Å². The van der Waals surface area contributed by atoms with Gasteiger partial charge in [-0.1, -0.05) is 18.2 Å². The summed E-state index contributed by atoms with van der Waals surface area (Å²) in [5.74, 6) is 1.11. The van der Waals surface area contributed by atoms with Crippen LogP contribution in [0, 0.1) is 0 Å². The Hall–Kier alpha value is -2.07. The second-order valence-corrected chi connectivity index (χ2v) is 5.34. The molecule has 3 heterocycles. The van der Waals surface area contributed by atoms with Crippen LogP contribution in [0.3, 0.4) is 0 Å². The second-order valence-electron chi connectivity index (χ2n) is 5.34. The number of H-pyrrole nitrogens is 1. The highest BCUT2D eigenvalue weighted by Crippen LogP contribution is 2.32. The summed E-state index contributed by atoms with van der Waals surface area (Å²) in [6.45, 7) is 1.02. The number of nitrogens with zero attached hydrogens (tertiary/aromatic N) is 2. The van der Waals surface area contributed by atoms with Gasteiger partial charge in [0.05, 0.1) is 18.0 Å². The number of hydrogen-bond acceptors (Lipinski definition) is 2. The zero-order valence-corrected chi connectivity index (χ0v) is 11.3. The summed E-state index contributed by atoms with van der Waals surface area (Å²) >= 11 is 0. The third kappa shape index (κ3) is 1.61. The maximum Gasteiger partial charge on any atom is 0.109 e. The van der Waals surface area contributed by atoms with E-state index in [0.717, 1.165) is 46.6 Å². The fourth-order valence-electron chi connectivity index (χ4n) is 3.19. The molecule has 0 aliphatic carbocycles. The zero-order valence-electron chi connectivity index (χ0n) is 11.3. The summed E-state index contributed by atoms with van der Waals surface area (Å²) < 4.78 is 2.20. The molecule has 0 fully saturated rings. The van der Waals surface area contributed by atoms with Gasteiger partial charge in [0.25, 0.3) is 0 Å². The van der Waals surface area contributed by atoms with E-state index in [4.69, 9.17) is 4.98 Å². The Morgan fingerprint density at radius 2 is 2.15 bits per heavy atom. The van der Waals surface area contributed by atoms with Crippen molar-refractivity contribution in [3.8, 4) is 11.3 Å². The van der Waals surface area contributed by atoms with E-state index in [0.29, 0.717) is 0 Å². The molecule has 4 nitrogen and oxygen atoms in total. The van der Waals surface area contributed by atoms with E-state index < -0.39 is 0 Å². The number of aliphatic hydroxyl groups is 1. The van der Waals surface area contributed by atoms with Gasteiger partial charge in [-0.3, -0.25) is 0 Å². The smallest absolute Gasteiger partial charge is 0.109 e. The van der Waals surface area contributed by atoms with Gasteiger partial charge in [0.15, 0.2) is 0 Å². The molecule has 20 heavy (non-hydrogen) atoms. The molecule has 0 radical (unpaired) electrons. The van der Waals surface area contributed by atoms with Crippen LogP contribution in [0.15, 0.2) is 30.5 Å². The fourth-order valence-corrected chi connectivity index (χ4v) is 3.19. The monoisotopic (exact) mass is 267 g/mol. The number of nitrogens with one attached hydrogen (secondary N) is 1. The molecule has 0 spiro atoms. The third-order valence-electron chi connectivity index (χ3n) is 4.18. The quantitative estimate of drug-likeness (QED) is 0.750. The number of para-hydroxylation sites is 1. The lowest BCUT2D eigenvalue weighted by Gasteiger charge is -2.15. The van der Waals surface area contributed by atoms with Crippen LogP contribution < -0.4 is 0 Å². The van der Waals surface area contributed by atoms with Gasteiger partial charge in [0.2, 0.25) is 0 Å². The molecule has 2 N–H and O–H groups in total. The average Bonchev–Trinajstić information content (AvgIpc) is 3.07. The normalized spacial score (nSPS) is 14.7. The summed E-state index contributed by atoms with van der Waals surface area (Å²) in [6.07, 6.45) is 5.37. The Balaban J connectivity index is 1.96. The molecule has 4 rings (SSSR count). The molecule has 4 heteroatoms. The first kappa shape index (κ1) is 11.7. The summed E-state index contributed by atoms with van der Waals surface area (Å²) in [6, 6.07) is 8.22. The minimum absolute atomic E-state index is 0.0435. The fraction of sp³-hybridized carbons (Fsp3) is 0.312. The van der Waals surface area contributed by atoms with E-state index >= 15 is 0 Å². The first-order valence-corrected chi connectivity index (χ1v) is 7.14. The van der Waals surface area contributed by atoms with Crippen molar-refractivity contribution in [1.82, 2.24) is 14.5 Å². The van der Waals surface area contributed by atoms with Crippen molar-refractivity contribution in [2.45, 2.75) is 32.4 Å². The number of hydrogen-bond donors (Lipinski definition) is 2. The predicted octanol–water partition coefficient (Wildman–Crippen LogP) is 2.86. The minimum atomic E-state index is 0.0435. The standard InChI is InChI=1S/C16H17N3O/c20-10-14-16(18-15-7-3-4-8-19(14)15)12-9-17-13-6-2-1-5-11(12)13/h1-2,5-6,9,17,20H,3-4,7-8,10H2. The van der Waals surface area contributed by atoms with Crippen LogP contribution in [0.5, 0.6) is 0 Å². The van der Waals surface area contributed by atoms with E-state index in [-0.39, 0.29) is 6.61 Å². The number of imidazole rings is 1. The molecule has 0 saturated carbocycles. The Morgan fingerprint density at radius 3 is 3.05 bits per heavy atom. The summed E-state index contributed by atoms with van der Waals surface area (Å²) in [5.41, 5.74) is 4.08. The average molecular weight is 267 g/mol. The van der Waals surface area contributed by atoms with Gasteiger partial charge in [0.1, 0.15) is 5.82 Å². The van der Waals surface area contributed by atoms with Gasteiger partial charge in [-0.25, -0.2) is 4.98 Å². The number of aromatic amines is 1. The Kier molecular flexibility index (Phi) is 2.63. The zero-order chi connectivity index (χ0) is 13.5. The molecule has 1 aliphatic rings. The molecule has 1 aromatic carbocycles. The van der Waals surface area contributed by atoms with Crippen molar-refractivity contribution < 1.29 is 5.11 Å². The van der Waals surface area contributed by atoms with Crippen molar-refractivity contribution in [3.63, 3.8) is 0 Å². The SMILES string of the molecule is OCc1c(-c2c[nH]c3ccccc23)nc2n1CCCC2. The molecular formula is C16H17N3O. The Bertz CT molecular complexity index is 769. The molecule has 102 valence electrons. The minimum Gasteiger partial charge on any atom is -0.390 e. The number of rotatable bonds is 2. The number of fused-ring (bicyclic) bond motifs is 2. The van der Waals surface area contributed by atoms with Crippen LogP contribution in [-0.4, -0.2) is 19.6 Å². The molecule has 3 aromatic rings. The van der Waals surface area contributed by atoms with Crippen molar-refractivity contribution in [2.75, 3.05) is 0 Å². The van der Waals surface area contributed by atoms with Crippen LogP contribution in [-0.2, 0) is 19.6 Å². The van der Waals surface area contributed by atoms with Crippen LogP contribution in [0.25, 0.3) is 22.2 Å². The predicted molar refractivity (Wildman–Crippen MR) is 78.4 cm³/mol. The summed E-state index contributed by atoms with van der Waals surface area (Å²) in [4.78, 5) is 8.08. The van der Waals surface area contributed by atoms with Gasteiger partial charge in [-0.05, 0) is 18.9 Å². The van der Waals surface area contributed by atoms with Gasteiger partial charge in [-0.15, -0.1) is 0 Å². The maximum absolute atomic E-state index is 9.76. The first-order valence-electron chi connectivity index (χ1n) is 7.14. The highest BCUT2D eigenvalue weighted by atomic mass is 16.3. The lowest BCUT2D eigenvalue weighted by molar-refractivity contribution is 0.268. The first-order chi connectivity index (χ1) is 9.88. The Morgan fingerprint density at radius 1 is 1.25 bits per heavy atom. The number of benzene rings is 1. The van der Waals surface area contributed by atoms with E-state index in [2.05, 4.69) is 21.7 Å². The third-order valence-corrected chi connectivity index (χ3v) is 4.18. The Labute approximate surface area is 117 Å². The maximum atomic E-state index is 9.76. The van der Waals surface area contributed by atoms with E-state index in [1.54, 1.807) is 0 Å². The lowest BCUT2D eigenvalue weighted by Crippen LogP contribution is -2.12. The van der Waals surface area contributed by atoms with Crippen LogP contribution >= 0.6 is 0 Å². The number of aryl methyl sites for hydroxylation is 1. The largest absolute Gasteiger partial charge is 0.390 e. The summed E-state index contributed by atoms with van der Waals surface area (Å²) in [5, 5.41) is 10.9. The number of aromatic nitrogens is 3. The van der Waals surface area contributed by atoms with Crippen LogP contribution in [0.1, 0.15) is 24.4 Å². The van der Waals surface area contributed by atoms with E-state index in [9.17, 15) is 5.11 Å². The molecule has 0 atom stereocenters. The van der Waals surface area contributed by atoms with Crippen molar-refractivity contribution >= 4 is 10.9 Å². The summed E-state index contributed by atoms with van der Waals surface area (Å²) in [7, 11) is 0. The van der Waals surface area contributed by atoms with Crippen LogP contribution in [0.2, 0.25) is 0 Å². The topological polar surface area (TPSA) is 53.8 Å². The molecule has 0 amide bonds. The highest BCUT2D eigenvalue weighted by Gasteiger charge is 2.21. The second kappa shape index (κ2) is 4.49. The highest BCUT2D eigenvalue weighted by molar-refractivity contribution is 5.95. The van der Waals surface area contributed by atoms with Gasteiger partial charge in [-0.2, -0.15) is 0 Å². The van der Waals surface area contributed by atoms with Crippen molar-refractivity contribution in [2.24, 2.45) is 0 Å². The molecule has 0 bridgehead atoms. The van der Waals surface area contributed by atoms with E-state index in [1.165, 1.54) is 12.8 Å². The molecule has 1 aliphatic heterocycles. The van der Waals surface area contributed by atoms with E-state index in [1.807, 2.05) is 18.3 Å². The lowest BCUT2D eigenvalue weighted by atomic mass is 10.1. The molecule has 0 unspecified atom stereocenters. The van der Waals surface area contributed by atoms with Crippen molar-refractivity contribution in [3.05, 3.63) is 42.0 Å². The molecular weight excluding hydrogens is 250 g/mol. The number of aliphatic hydroxyl groups excluding tert-OH is 1. The van der Waals surface area contributed by atoms with Gasteiger partial charge >= 0.3 is 0 Å². The van der Waals surface area contributed by atoms with Crippen LogP contribution in [0.4, 0.5) is 0 Å². The van der Waals surface area contributed by atoms with Crippen molar-refractivity contribution in [1.29, 1.82) is 0 Å². The molecule has 2 aromatic heterocycles. The molecule has 0 saturated heterocycles. The van der Waals surface area contributed by atoms with Gasteiger partial charge in [0, 0.05) is 35.6 Å².